The molecule has 0 aliphatic rings. The van der Waals surface area contributed by atoms with Crippen LogP contribution in [0.5, 0.6) is 0 Å². The van der Waals surface area contributed by atoms with Crippen LogP contribution < -0.4 is 10.6 Å². The number of rotatable bonds is 5. The van der Waals surface area contributed by atoms with Crippen molar-refractivity contribution in [3.05, 3.63) is 60.8 Å². The smallest absolute Gasteiger partial charge is 0.344 e. The molecule has 0 atom stereocenters. The zero-order chi connectivity index (χ0) is 18.3. The molecule has 0 aromatic heterocycles. The number of aliphatic imine (C=N–C) groups is 1. The van der Waals surface area contributed by atoms with E-state index >= 15 is 0 Å². The minimum Gasteiger partial charge on any atom is -0.344 e. The molecule has 0 aliphatic carbocycles. The Morgan fingerprint density at radius 1 is 1.29 bits per heavy atom. The number of amidine groups is 1. The van der Waals surface area contributed by atoms with Crippen LogP contribution in [-0.4, -0.2) is 17.9 Å². The number of benzene rings is 1. The predicted octanol–water partition coefficient (Wildman–Crippen LogP) is 4.47. The molecule has 0 radical (unpaired) electrons. The van der Waals surface area contributed by atoms with Gasteiger partial charge >= 0.3 is 6.18 Å². The molecule has 7 heteroatoms. The first kappa shape index (κ1) is 19.2. The van der Waals surface area contributed by atoms with E-state index in [4.69, 9.17) is 0 Å². The van der Waals surface area contributed by atoms with Crippen LogP contribution in [0, 0.1) is 0 Å². The normalized spacial score (nSPS) is 12.5. The van der Waals surface area contributed by atoms with Gasteiger partial charge < -0.3 is 10.6 Å². The fourth-order valence-electron chi connectivity index (χ4n) is 1.77. The van der Waals surface area contributed by atoms with E-state index in [1.807, 2.05) is 0 Å². The first-order valence-electron chi connectivity index (χ1n) is 6.96. The van der Waals surface area contributed by atoms with Gasteiger partial charge in [-0.15, -0.1) is 0 Å². The maximum atomic E-state index is 13.2. The maximum Gasteiger partial charge on any atom is 0.419 e. The Morgan fingerprint density at radius 2 is 1.92 bits per heavy atom. The van der Waals surface area contributed by atoms with Gasteiger partial charge in [-0.1, -0.05) is 31.4 Å². The standard InChI is InChI=1S/C17H18F3N3O/c1-5-12(17(18,19)20)16(21-11(3)4)23-14-10-8-7-9-13(14)22-15(24)6-2/h5-10H,2-3H2,1,4H3,(H,21,23)(H,22,24)/b12-5+. The van der Waals surface area contributed by atoms with Gasteiger partial charge in [0.25, 0.3) is 0 Å². The van der Waals surface area contributed by atoms with Crippen molar-refractivity contribution in [2.75, 3.05) is 5.32 Å². The van der Waals surface area contributed by atoms with Crippen molar-refractivity contribution in [2.24, 2.45) is 4.99 Å². The fraction of sp³-hybridized carbons (Fsp3) is 0.176. The average Bonchev–Trinajstić information content (AvgIpc) is 2.47. The highest BCUT2D eigenvalue weighted by atomic mass is 19.4. The van der Waals surface area contributed by atoms with Gasteiger partial charge in [-0.05, 0) is 32.1 Å². The van der Waals surface area contributed by atoms with E-state index in [0.717, 1.165) is 12.2 Å². The molecule has 1 aromatic rings. The maximum absolute atomic E-state index is 13.2. The number of para-hydroxylation sites is 2. The largest absolute Gasteiger partial charge is 0.419 e. The summed E-state index contributed by atoms with van der Waals surface area (Å²) in [4.78, 5) is 15.5. The van der Waals surface area contributed by atoms with Crippen molar-refractivity contribution in [3.63, 3.8) is 0 Å². The molecule has 0 saturated carbocycles. The molecular formula is C17H18F3N3O. The molecule has 2 N–H and O–H groups in total. The number of nitrogens with one attached hydrogen (secondary N) is 2. The molecule has 0 aliphatic heterocycles. The molecule has 1 amide bonds. The van der Waals surface area contributed by atoms with Crippen molar-refractivity contribution in [1.29, 1.82) is 0 Å². The molecule has 1 rings (SSSR count). The van der Waals surface area contributed by atoms with Gasteiger partial charge in [-0.2, -0.15) is 13.2 Å². The number of hydrogen-bond donors (Lipinski definition) is 2. The Hall–Kier alpha value is -2.83. The van der Waals surface area contributed by atoms with E-state index in [0.29, 0.717) is 5.70 Å². The Labute approximate surface area is 138 Å². The Bertz CT molecular complexity index is 703. The van der Waals surface area contributed by atoms with Crippen molar-refractivity contribution < 1.29 is 18.0 Å². The van der Waals surface area contributed by atoms with Gasteiger partial charge in [-0.3, -0.25) is 4.79 Å². The highest BCUT2D eigenvalue weighted by molar-refractivity contribution is 6.04. The van der Waals surface area contributed by atoms with Gasteiger partial charge in [0.15, 0.2) is 0 Å². The molecule has 0 bridgehead atoms. The number of allylic oxidation sites excluding steroid dienone is 2. The number of carbonyl (C=O) groups excluding carboxylic acids is 1. The second-order valence-corrected chi connectivity index (χ2v) is 4.78. The summed E-state index contributed by atoms with van der Waals surface area (Å²) in [7, 11) is 0. The summed E-state index contributed by atoms with van der Waals surface area (Å²) in [5, 5.41) is 5.01. The van der Waals surface area contributed by atoms with Crippen LogP contribution in [0.15, 0.2) is 65.8 Å². The topological polar surface area (TPSA) is 53.5 Å². The predicted molar refractivity (Wildman–Crippen MR) is 90.1 cm³/mol. The van der Waals surface area contributed by atoms with Gasteiger partial charge in [0.05, 0.1) is 16.9 Å². The van der Waals surface area contributed by atoms with Crippen LogP contribution in [-0.2, 0) is 4.79 Å². The summed E-state index contributed by atoms with van der Waals surface area (Å²) in [6, 6.07) is 6.25. The highest BCUT2D eigenvalue weighted by Gasteiger charge is 2.36. The third kappa shape index (κ3) is 5.42. The first-order valence-corrected chi connectivity index (χ1v) is 6.96. The van der Waals surface area contributed by atoms with E-state index < -0.39 is 23.5 Å². The third-order valence-corrected chi connectivity index (χ3v) is 2.76. The van der Waals surface area contributed by atoms with Crippen LogP contribution in [0.4, 0.5) is 24.5 Å². The van der Waals surface area contributed by atoms with Crippen molar-refractivity contribution >= 4 is 23.1 Å². The second kappa shape index (κ2) is 8.14. The number of anilines is 1. The van der Waals surface area contributed by atoms with Gasteiger partial charge in [0, 0.05) is 5.70 Å². The zero-order valence-electron chi connectivity index (χ0n) is 13.4. The molecule has 0 fully saturated rings. The third-order valence-electron chi connectivity index (χ3n) is 2.76. The lowest BCUT2D eigenvalue weighted by Crippen LogP contribution is -2.30. The fourth-order valence-corrected chi connectivity index (χ4v) is 1.77. The lowest BCUT2D eigenvalue weighted by atomic mass is 10.2. The molecule has 0 unspecified atom stereocenters. The molecule has 0 heterocycles. The number of nitrogens with zero attached hydrogens (tertiary/aromatic N) is 1. The molecule has 1 aromatic carbocycles. The second-order valence-electron chi connectivity index (χ2n) is 4.78. The van der Waals surface area contributed by atoms with Gasteiger partial charge in [-0.25, -0.2) is 4.99 Å². The van der Waals surface area contributed by atoms with E-state index in [1.165, 1.54) is 26.0 Å². The minimum absolute atomic E-state index is 0.167. The van der Waals surface area contributed by atoms with Crippen molar-refractivity contribution in [1.82, 2.24) is 5.32 Å². The SMILES string of the molecule is C=CC(=O)Nc1ccccc1N=C(NC(=C)C)/C(=C\C)C(F)(F)F. The quantitative estimate of drug-likeness (QED) is 0.473. The summed E-state index contributed by atoms with van der Waals surface area (Å²) in [6.07, 6.45) is -2.62. The molecule has 128 valence electrons. The molecule has 0 spiro atoms. The van der Waals surface area contributed by atoms with E-state index in [9.17, 15) is 18.0 Å². The van der Waals surface area contributed by atoms with Crippen LogP contribution in [0.25, 0.3) is 0 Å². The number of alkyl halides is 3. The average molecular weight is 337 g/mol. The lowest BCUT2D eigenvalue weighted by Gasteiger charge is -2.16. The summed E-state index contributed by atoms with van der Waals surface area (Å²) < 4.78 is 39.6. The number of halogens is 3. The van der Waals surface area contributed by atoms with Crippen LogP contribution in [0.2, 0.25) is 0 Å². The molecule has 4 nitrogen and oxygen atoms in total. The van der Waals surface area contributed by atoms with E-state index in [2.05, 4.69) is 28.8 Å². The van der Waals surface area contributed by atoms with E-state index in [-0.39, 0.29) is 11.4 Å². The summed E-state index contributed by atoms with van der Waals surface area (Å²) >= 11 is 0. The highest BCUT2D eigenvalue weighted by Crippen LogP contribution is 2.30. The first-order chi connectivity index (χ1) is 11.2. The van der Waals surface area contributed by atoms with Gasteiger partial charge in [0.1, 0.15) is 5.84 Å². The Balaban J connectivity index is 3.41. The summed E-state index contributed by atoms with van der Waals surface area (Å²) in [6.45, 7) is 9.67. The summed E-state index contributed by atoms with van der Waals surface area (Å²) in [5.74, 6) is -0.896. The van der Waals surface area contributed by atoms with Crippen LogP contribution in [0.3, 0.4) is 0 Å². The van der Waals surface area contributed by atoms with Gasteiger partial charge in [0.2, 0.25) is 5.91 Å². The monoisotopic (exact) mass is 337 g/mol. The molecular weight excluding hydrogens is 319 g/mol. The van der Waals surface area contributed by atoms with Crippen LogP contribution >= 0.6 is 0 Å². The number of carbonyl (C=O) groups is 1. The van der Waals surface area contributed by atoms with Crippen molar-refractivity contribution in [2.45, 2.75) is 20.0 Å². The lowest BCUT2D eigenvalue weighted by molar-refractivity contribution is -0.111. The van der Waals surface area contributed by atoms with Crippen LogP contribution in [0.1, 0.15) is 13.8 Å². The van der Waals surface area contributed by atoms with E-state index in [1.54, 1.807) is 12.1 Å². The Morgan fingerprint density at radius 3 is 2.42 bits per heavy atom. The summed E-state index contributed by atoms with van der Waals surface area (Å²) in [5.41, 5.74) is -0.207. The molecule has 24 heavy (non-hydrogen) atoms. The number of amides is 1. The van der Waals surface area contributed by atoms with Crippen molar-refractivity contribution in [3.8, 4) is 0 Å². The minimum atomic E-state index is -4.59. The Kier molecular flexibility index (Phi) is 6.52. The zero-order valence-corrected chi connectivity index (χ0v) is 13.4. The number of hydrogen-bond acceptors (Lipinski definition) is 2. The molecule has 0 saturated heterocycles.